The Balaban J connectivity index is 2.47. The van der Waals surface area contributed by atoms with Gasteiger partial charge < -0.3 is 4.42 Å². The van der Waals surface area contributed by atoms with Crippen molar-refractivity contribution in [1.82, 2.24) is 4.98 Å². The standard InChI is InChI=1S/C8H12N2O2/c1-3-6(2)7(11)10-8-9-4-5-12-8/h4-6H,3H2,1-2H3,(H,9,10,11). The van der Waals surface area contributed by atoms with Crippen LogP contribution < -0.4 is 5.32 Å². The zero-order valence-corrected chi connectivity index (χ0v) is 7.20. The van der Waals surface area contributed by atoms with Gasteiger partial charge >= 0.3 is 6.01 Å². The van der Waals surface area contributed by atoms with Gasteiger partial charge in [0.1, 0.15) is 6.26 Å². The molecule has 4 heteroatoms. The van der Waals surface area contributed by atoms with E-state index in [1.54, 1.807) is 0 Å². The lowest BCUT2D eigenvalue weighted by Crippen LogP contribution is -2.19. The Hall–Kier alpha value is -1.32. The van der Waals surface area contributed by atoms with Crippen LogP contribution in [0.4, 0.5) is 6.01 Å². The van der Waals surface area contributed by atoms with Crippen molar-refractivity contribution < 1.29 is 9.21 Å². The van der Waals surface area contributed by atoms with Crippen LogP contribution in [0.15, 0.2) is 16.9 Å². The van der Waals surface area contributed by atoms with Gasteiger partial charge in [0.25, 0.3) is 0 Å². The van der Waals surface area contributed by atoms with E-state index in [1.807, 2.05) is 13.8 Å². The molecule has 1 unspecified atom stereocenters. The number of hydrogen-bond acceptors (Lipinski definition) is 3. The fourth-order valence-corrected chi connectivity index (χ4v) is 0.699. The molecular weight excluding hydrogens is 156 g/mol. The highest BCUT2D eigenvalue weighted by Gasteiger charge is 2.11. The molecule has 0 bridgehead atoms. The van der Waals surface area contributed by atoms with Crippen molar-refractivity contribution in [2.75, 3.05) is 5.32 Å². The molecule has 1 amide bonds. The van der Waals surface area contributed by atoms with Gasteiger partial charge in [-0.2, -0.15) is 0 Å². The summed E-state index contributed by atoms with van der Waals surface area (Å²) in [5.41, 5.74) is 0. The fraction of sp³-hybridized carbons (Fsp3) is 0.500. The Labute approximate surface area is 71.0 Å². The smallest absolute Gasteiger partial charge is 0.301 e. The average molecular weight is 168 g/mol. The molecule has 0 aliphatic heterocycles. The number of amides is 1. The number of carbonyl (C=O) groups is 1. The molecule has 0 aliphatic rings. The van der Waals surface area contributed by atoms with Crippen molar-refractivity contribution in [1.29, 1.82) is 0 Å². The van der Waals surface area contributed by atoms with Crippen LogP contribution in [-0.2, 0) is 4.79 Å². The SMILES string of the molecule is CCC(C)C(=O)Nc1ncco1. The van der Waals surface area contributed by atoms with E-state index in [9.17, 15) is 4.79 Å². The third-order valence-corrected chi connectivity index (χ3v) is 1.72. The van der Waals surface area contributed by atoms with Gasteiger partial charge in [-0.1, -0.05) is 13.8 Å². The van der Waals surface area contributed by atoms with Crippen LogP contribution in [0.2, 0.25) is 0 Å². The van der Waals surface area contributed by atoms with Crippen LogP contribution in [-0.4, -0.2) is 10.9 Å². The predicted molar refractivity (Wildman–Crippen MR) is 44.6 cm³/mol. The molecule has 12 heavy (non-hydrogen) atoms. The number of aromatic nitrogens is 1. The second-order valence-corrected chi connectivity index (χ2v) is 2.64. The molecule has 0 aromatic carbocycles. The van der Waals surface area contributed by atoms with Crippen molar-refractivity contribution >= 4 is 11.9 Å². The van der Waals surface area contributed by atoms with Crippen LogP contribution in [0.25, 0.3) is 0 Å². The van der Waals surface area contributed by atoms with Crippen LogP contribution in [0, 0.1) is 5.92 Å². The zero-order valence-electron chi connectivity index (χ0n) is 7.20. The van der Waals surface area contributed by atoms with E-state index in [0.29, 0.717) is 0 Å². The minimum atomic E-state index is -0.0556. The summed E-state index contributed by atoms with van der Waals surface area (Å²) in [5, 5.41) is 2.56. The van der Waals surface area contributed by atoms with Crippen LogP contribution in [0.3, 0.4) is 0 Å². The van der Waals surface area contributed by atoms with E-state index in [0.717, 1.165) is 6.42 Å². The van der Waals surface area contributed by atoms with Crippen LogP contribution >= 0.6 is 0 Å². The second-order valence-electron chi connectivity index (χ2n) is 2.64. The topological polar surface area (TPSA) is 55.1 Å². The third-order valence-electron chi connectivity index (χ3n) is 1.72. The summed E-state index contributed by atoms with van der Waals surface area (Å²) in [6.07, 6.45) is 3.73. The summed E-state index contributed by atoms with van der Waals surface area (Å²) in [6.45, 7) is 3.82. The minimum absolute atomic E-state index is 0.00287. The predicted octanol–water partition coefficient (Wildman–Crippen LogP) is 1.66. The van der Waals surface area contributed by atoms with E-state index < -0.39 is 0 Å². The molecule has 4 nitrogen and oxygen atoms in total. The number of oxazole rings is 1. The lowest BCUT2D eigenvalue weighted by atomic mass is 10.1. The first kappa shape index (κ1) is 8.77. The molecule has 1 aromatic heterocycles. The summed E-state index contributed by atoms with van der Waals surface area (Å²) >= 11 is 0. The van der Waals surface area contributed by atoms with Gasteiger partial charge in [0.15, 0.2) is 0 Å². The van der Waals surface area contributed by atoms with Gasteiger partial charge in [-0.15, -0.1) is 0 Å². The summed E-state index contributed by atoms with van der Waals surface area (Å²) in [6, 6.07) is 0.264. The first-order chi connectivity index (χ1) is 5.74. The first-order valence-electron chi connectivity index (χ1n) is 3.94. The maximum Gasteiger partial charge on any atom is 0.301 e. The van der Waals surface area contributed by atoms with Crippen LogP contribution in [0.5, 0.6) is 0 Å². The largest absolute Gasteiger partial charge is 0.432 e. The molecule has 0 spiro atoms. The van der Waals surface area contributed by atoms with Crippen molar-refractivity contribution in [2.24, 2.45) is 5.92 Å². The fourth-order valence-electron chi connectivity index (χ4n) is 0.699. The number of rotatable bonds is 3. The van der Waals surface area contributed by atoms with Crippen LogP contribution in [0.1, 0.15) is 20.3 Å². The molecule has 0 saturated carbocycles. The summed E-state index contributed by atoms with van der Waals surface area (Å²) in [4.78, 5) is 15.0. The maximum absolute atomic E-state index is 11.2. The lowest BCUT2D eigenvalue weighted by molar-refractivity contribution is -0.119. The van der Waals surface area contributed by atoms with Gasteiger partial charge in [-0.05, 0) is 6.42 Å². The zero-order chi connectivity index (χ0) is 8.97. The Morgan fingerprint density at radius 2 is 2.58 bits per heavy atom. The minimum Gasteiger partial charge on any atom is -0.432 e. The van der Waals surface area contributed by atoms with Gasteiger partial charge in [0, 0.05) is 5.92 Å². The molecule has 0 saturated heterocycles. The van der Waals surface area contributed by atoms with Crippen molar-refractivity contribution in [3.05, 3.63) is 12.5 Å². The molecule has 0 radical (unpaired) electrons. The molecule has 0 aliphatic carbocycles. The monoisotopic (exact) mass is 168 g/mol. The summed E-state index contributed by atoms with van der Waals surface area (Å²) < 4.78 is 4.86. The molecule has 0 fully saturated rings. The lowest BCUT2D eigenvalue weighted by Gasteiger charge is -2.05. The van der Waals surface area contributed by atoms with E-state index in [1.165, 1.54) is 12.5 Å². The van der Waals surface area contributed by atoms with Gasteiger partial charge in [0.05, 0.1) is 6.20 Å². The van der Waals surface area contributed by atoms with Gasteiger partial charge in [0.2, 0.25) is 5.91 Å². The van der Waals surface area contributed by atoms with Crippen molar-refractivity contribution in [2.45, 2.75) is 20.3 Å². The maximum atomic E-state index is 11.2. The molecule has 66 valence electrons. The molecule has 1 rings (SSSR count). The average Bonchev–Trinajstić information content (AvgIpc) is 2.55. The number of anilines is 1. The third kappa shape index (κ3) is 2.08. The summed E-state index contributed by atoms with van der Waals surface area (Å²) in [5.74, 6) is -0.0585. The van der Waals surface area contributed by atoms with E-state index in [-0.39, 0.29) is 17.8 Å². The van der Waals surface area contributed by atoms with E-state index >= 15 is 0 Å². The van der Waals surface area contributed by atoms with Crippen molar-refractivity contribution in [3.63, 3.8) is 0 Å². The highest BCUT2D eigenvalue weighted by molar-refractivity contribution is 5.90. The number of carbonyl (C=O) groups excluding carboxylic acids is 1. The van der Waals surface area contributed by atoms with Gasteiger partial charge in [-0.3, -0.25) is 10.1 Å². The highest BCUT2D eigenvalue weighted by atomic mass is 16.4. The second kappa shape index (κ2) is 3.90. The number of hydrogen-bond donors (Lipinski definition) is 1. The number of nitrogens with zero attached hydrogens (tertiary/aromatic N) is 1. The quantitative estimate of drug-likeness (QED) is 0.746. The van der Waals surface area contributed by atoms with Crippen molar-refractivity contribution in [3.8, 4) is 0 Å². The Bertz CT molecular complexity index is 244. The molecular formula is C8H12N2O2. The molecule has 1 atom stereocenters. The first-order valence-corrected chi connectivity index (χ1v) is 3.94. The van der Waals surface area contributed by atoms with E-state index in [2.05, 4.69) is 10.3 Å². The Morgan fingerprint density at radius 1 is 1.83 bits per heavy atom. The summed E-state index contributed by atoms with van der Waals surface area (Å²) in [7, 11) is 0. The Morgan fingerprint density at radius 3 is 3.08 bits per heavy atom. The number of nitrogens with one attached hydrogen (secondary N) is 1. The highest BCUT2D eigenvalue weighted by Crippen LogP contribution is 2.06. The normalized spacial score (nSPS) is 12.5. The molecule has 1 aromatic rings. The molecule has 1 heterocycles. The molecule has 1 N–H and O–H groups in total. The van der Waals surface area contributed by atoms with Gasteiger partial charge in [-0.25, -0.2) is 4.98 Å². The Kier molecular flexibility index (Phi) is 2.85. The van der Waals surface area contributed by atoms with E-state index in [4.69, 9.17) is 4.42 Å².